The summed E-state index contributed by atoms with van der Waals surface area (Å²) in [6.45, 7) is 1.27. The van der Waals surface area contributed by atoms with E-state index in [1.54, 1.807) is 19.1 Å². The summed E-state index contributed by atoms with van der Waals surface area (Å²) in [5, 5.41) is 6.91. The maximum Gasteiger partial charge on any atom is 0.263 e. The summed E-state index contributed by atoms with van der Waals surface area (Å²) >= 11 is 2.90. The second-order valence-electron chi connectivity index (χ2n) is 6.43. The summed E-state index contributed by atoms with van der Waals surface area (Å²) in [5.41, 5.74) is 0.687. The number of nitrogens with zero attached hydrogens (tertiary/aromatic N) is 2. The SMILES string of the molecule is CCS(=O)(=O)c1ccccc1NC(=O)Cn1cnc2scc(-c3cccs3)c2c1=O. The van der Waals surface area contributed by atoms with Gasteiger partial charge in [-0.1, -0.05) is 25.1 Å². The molecular formula is C20H17N3O4S3. The lowest BCUT2D eigenvalue weighted by Gasteiger charge is -2.11. The quantitative estimate of drug-likeness (QED) is 0.475. The van der Waals surface area contributed by atoms with E-state index in [9.17, 15) is 18.0 Å². The molecule has 3 aromatic heterocycles. The van der Waals surface area contributed by atoms with Gasteiger partial charge in [-0.3, -0.25) is 14.2 Å². The average molecular weight is 460 g/mol. The first-order chi connectivity index (χ1) is 14.4. The van der Waals surface area contributed by atoms with Crippen LogP contribution >= 0.6 is 22.7 Å². The molecule has 154 valence electrons. The third-order valence-electron chi connectivity index (χ3n) is 4.54. The van der Waals surface area contributed by atoms with E-state index in [-0.39, 0.29) is 28.4 Å². The molecule has 0 atom stereocenters. The molecule has 7 nitrogen and oxygen atoms in total. The monoisotopic (exact) mass is 459 g/mol. The number of benzene rings is 1. The third kappa shape index (κ3) is 3.81. The highest BCUT2D eigenvalue weighted by atomic mass is 32.2. The Hall–Kier alpha value is -2.82. The van der Waals surface area contributed by atoms with E-state index in [0.29, 0.717) is 10.2 Å². The summed E-state index contributed by atoms with van der Waals surface area (Å²) < 4.78 is 25.8. The first-order valence-electron chi connectivity index (χ1n) is 9.03. The van der Waals surface area contributed by atoms with Gasteiger partial charge in [0, 0.05) is 15.8 Å². The minimum atomic E-state index is -3.50. The number of nitrogens with one attached hydrogen (secondary N) is 1. The lowest BCUT2D eigenvalue weighted by atomic mass is 10.2. The van der Waals surface area contributed by atoms with Crippen molar-refractivity contribution in [3.8, 4) is 10.4 Å². The Kier molecular flexibility index (Phi) is 5.54. The topological polar surface area (TPSA) is 98.1 Å². The van der Waals surface area contributed by atoms with Crippen molar-refractivity contribution in [3.05, 3.63) is 63.8 Å². The van der Waals surface area contributed by atoms with Crippen LogP contribution < -0.4 is 10.9 Å². The van der Waals surface area contributed by atoms with Crippen LogP contribution in [0.4, 0.5) is 5.69 Å². The van der Waals surface area contributed by atoms with Crippen LogP contribution in [0.2, 0.25) is 0 Å². The van der Waals surface area contributed by atoms with E-state index in [4.69, 9.17) is 0 Å². The fourth-order valence-corrected chi connectivity index (χ4v) is 5.81. The summed E-state index contributed by atoms with van der Waals surface area (Å²) in [6.07, 6.45) is 1.34. The molecular weight excluding hydrogens is 442 g/mol. The number of carbonyl (C=O) groups excluding carboxylic acids is 1. The van der Waals surface area contributed by atoms with E-state index in [0.717, 1.165) is 10.4 Å². The number of hydrogen-bond acceptors (Lipinski definition) is 7. The van der Waals surface area contributed by atoms with Gasteiger partial charge in [-0.15, -0.1) is 22.7 Å². The number of rotatable bonds is 6. The Morgan fingerprint density at radius 2 is 1.97 bits per heavy atom. The van der Waals surface area contributed by atoms with Crippen molar-refractivity contribution in [2.45, 2.75) is 18.4 Å². The summed E-state index contributed by atoms with van der Waals surface area (Å²) in [6, 6.07) is 10.1. The first-order valence-corrected chi connectivity index (χ1v) is 12.4. The molecule has 0 spiro atoms. The summed E-state index contributed by atoms with van der Waals surface area (Å²) in [4.78, 5) is 31.6. The van der Waals surface area contributed by atoms with Crippen LogP contribution in [0.5, 0.6) is 0 Å². The van der Waals surface area contributed by atoms with E-state index in [2.05, 4.69) is 10.3 Å². The molecule has 0 aliphatic carbocycles. The maximum absolute atomic E-state index is 13.0. The Balaban J connectivity index is 1.65. The third-order valence-corrected chi connectivity index (χ3v) is 8.11. The number of amides is 1. The molecule has 3 heterocycles. The zero-order valence-electron chi connectivity index (χ0n) is 15.9. The summed E-state index contributed by atoms with van der Waals surface area (Å²) in [7, 11) is -3.50. The molecule has 1 aromatic carbocycles. The van der Waals surface area contributed by atoms with Gasteiger partial charge in [0.05, 0.1) is 28.0 Å². The fourth-order valence-electron chi connectivity index (χ4n) is 3.03. The molecule has 0 aliphatic heterocycles. The number of carbonyl (C=O) groups is 1. The van der Waals surface area contributed by atoms with Crippen LogP contribution in [0, 0.1) is 0 Å². The van der Waals surface area contributed by atoms with Gasteiger partial charge in [-0.05, 0) is 23.6 Å². The van der Waals surface area contributed by atoms with Crippen molar-refractivity contribution in [1.29, 1.82) is 0 Å². The molecule has 0 radical (unpaired) electrons. The van der Waals surface area contributed by atoms with Crippen molar-refractivity contribution < 1.29 is 13.2 Å². The molecule has 1 N–H and O–H groups in total. The fraction of sp³-hybridized carbons (Fsp3) is 0.150. The molecule has 0 unspecified atom stereocenters. The van der Waals surface area contributed by atoms with Crippen LogP contribution in [-0.2, 0) is 21.2 Å². The molecule has 0 aliphatic rings. The van der Waals surface area contributed by atoms with Crippen molar-refractivity contribution >= 4 is 54.3 Å². The minimum Gasteiger partial charge on any atom is -0.323 e. The molecule has 1 amide bonds. The highest BCUT2D eigenvalue weighted by molar-refractivity contribution is 7.91. The van der Waals surface area contributed by atoms with Crippen LogP contribution in [0.1, 0.15) is 6.92 Å². The van der Waals surface area contributed by atoms with Gasteiger partial charge in [0.2, 0.25) is 5.91 Å². The average Bonchev–Trinajstić information content (AvgIpc) is 3.40. The number of aromatic nitrogens is 2. The van der Waals surface area contributed by atoms with Crippen molar-refractivity contribution in [3.63, 3.8) is 0 Å². The lowest BCUT2D eigenvalue weighted by Crippen LogP contribution is -2.28. The smallest absolute Gasteiger partial charge is 0.263 e. The van der Waals surface area contributed by atoms with E-state index in [1.165, 1.54) is 45.7 Å². The zero-order chi connectivity index (χ0) is 21.3. The number of anilines is 1. The van der Waals surface area contributed by atoms with Gasteiger partial charge >= 0.3 is 0 Å². The molecule has 0 saturated carbocycles. The number of sulfone groups is 1. The van der Waals surface area contributed by atoms with Crippen LogP contribution in [0.15, 0.2) is 63.2 Å². The lowest BCUT2D eigenvalue weighted by molar-refractivity contribution is -0.116. The van der Waals surface area contributed by atoms with Crippen molar-refractivity contribution in [1.82, 2.24) is 9.55 Å². The summed E-state index contributed by atoms with van der Waals surface area (Å²) in [5.74, 6) is -0.589. The molecule has 0 saturated heterocycles. The highest BCUT2D eigenvalue weighted by Gasteiger charge is 2.19. The Bertz CT molecular complexity index is 1390. The van der Waals surface area contributed by atoms with Gasteiger partial charge in [-0.25, -0.2) is 13.4 Å². The highest BCUT2D eigenvalue weighted by Crippen LogP contribution is 2.33. The van der Waals surface area contributed by atoms with E-state index in [1.807, 2.05) is 22.9 Å². The molecule has 4 aromatic rings. The van der Waals surface area contributed by atoms with Crippen LogP contribution in [0.25, 0.3) is 20.7 Å². The largest absolute Gasteiger partial charge is 0.323 e. The van der Waals surface area contributed by atoms with E-state index >= 15 is 0 Å². The Morgan fingerprint density at radius 1 is 1.17 bits per heavy atom. The predicted octanol–water partition coefficient (Wildman–Crippen LogP) is 3.62. The Labute approximate surface area is 180 Å². The number of para-hydroxylation sites is 1. The number of fused-ring (bicyclic) bond motifs is 1. The molecule has 4 rings (SSSR count). The second-order valence-corrected chi connectivity index (χ2v) is 10.5. The normalized spacial score (nSPS) is 11.6. The standard InChI is InChI=1S/C20H17N3O4S3/c1-2-30(26,27)16-8-4-3-6-14(16)22-17(24)10-23-12-21-19-18(20(23)25)13(11-29-19)15-7-5-9-28-15/h3-9,11-12H,2,10H2,1H3,(H,22,24). The Morgan fingerprint density at radius 3 is 2.70 bits per heavy atom. The molecule has 30 heavy (non-hydrogen) atoms. The zero-order valence-corrected chi connectivity index (χ0v) is 18.3. The minimum absolute atomic E-state index is 0.0552. The number of thiophene rings is 2. The van der Waals surface area contributed by atoms with Gasteiger partial charge < -0.3 is 5.32 Å². The molecule has 10 heteroatoms. The van der Waals surface area contributed by atoms with Crippen molar-refractivity contribution in [2.75, 3.05) is 11.1 Å². The van der Waals surface area contributed by atoms with Crippen molar-refractivity contribution in [2.24, 2.45) is 0 Å². The predicted molar refractivity (Wildman–Crippen MR) is 120 cm³/mol. The number of hydrogen-bond donors (Lipinski definition) is 1. The molecule has 0 fully saturated rings. The van der Waals surface area contributed by atoms with Gasteiger partial charge in [0.25, 0.3) is 5.56 Å². The maximum atomic E-state index is 13.0. The molecule has 0 bridgehead atoms. The van der Waals surface area contributed by atoms with E-state index < -0.39 is 15.7 Å². The van der Waals surface area contributed by atoms with Crippen LogP contribution in [-0.4, -0.2) is 29.6 Å². The first kappa shape index (κ1) is 20.5. The van der Waals surface area contributed by atoms with Gasteiger partial charge in [0.15, 0.2) is 9.84 Å². The van der Waals surface area contributed by atoms with Gasteiger partial charge in [0.1, 0.15) is 11.4 Å². The van der Waals surface area contributed by atoms with Gasteiger partial charge in [-0.2, -0.15) is 0 Å². The van der Waals surface area contributed by atoms with Crippen LogP contribution in [0.3, 0.4) is 0 Å². The second kappa shape index (κ2) is 8.13.